The van der Waals surface area contributed by atoms with Gasteiger partial charge in [-0.25, -0.2) is 0 Å². The van der Waals surface area contributed by atoms with Crippen LogP contribution in [0.2, 0.25) is 0 Å². The zero-order valence-electron chi connectivity index (χ0n) is 13.1. The Hall–Kier alpha value is -2.47. The largest absolute Gasteiger partial charge is 0.490 e. The van der Waals surface area contributed by atoms with Crippen molar-refractivity contribution in [2.24, 2.45) is 0 Å². The highest BCUT2D eigenvalue weighted by atomic mass is 32.2. The van der Waals surface area contributed by atoms with Gasteiger partial charge in [0.15, 0.2) is 11.5 Å². The molecular weight excluding hydrogens is 322 g/mol. The second kappa shape index (κ2) is 6.97. The van der Waals surface area contributed by atoms with Gasteiger partial charge >= 0.3 is 0 Å². The molecule has 0 aliphatic carbocycles. The fourth-order valence-electron chi connectivity index (χ4n) is 2.44. The molecule has 0 saturated heterocycles. The Morgan fingerprint density at radius 2 is 1.83 bits per heavy atom. The zero-order chi connectivity index (χ0) is 16.2. The quantitative estimate of drug-likeness (QED) is 0.678. The van der Waals surface area contributed by atoms with E-state index in [1.807, 2.05) is 48.7 Å². The van der Waals surface area contributed by atoms with Gasteiger partial charge in [0.25, 0.3) is 0 Å². The van der Waals surface area contributed by atoms with E-state index in [2.05, 4.69) is 16.3 Å². The number of ether oxygens (including phenoxy) is 2. The van der Waals surface area contributed by atoms with Crippen molar-refractivity contribution in [3.63, 3.8) is 0 Å². The Bertz CT molecular complexity index is 820. The molecule has 0 fully saturated rings. The maximum atomic E-state index is 5.73. The third-order valence-electron chi connectivity index (χ3n) is 3.63. The number of rotatable bonds is 4. The predicted molar refractivity (Wildman–Crippen MR) is 93.0 cm³/mol. The van der Waals surface area contributed by atoms with Crippen LogP contribution in [0.15, 0.2) is 59.6 Å². The van der Waals surface area contributed by atoms with E-state index in [-0.39, 0.29) is 0 Å². The summed E-state index contributed by atoms with van der Waals surface area (Å²) in [4.78, 5) is 2.79. The van der Waals surface area contributed by atoms with E-state index in [1.165, 1.54) is 0 Å². The second-order valence-corrected chi connectivity index (χ2v) is 6.46. The van der Waals surface area contributed by atoms with Crippen LogP contribution in [0.25, 0.3) is 5.69 Å². The molecule has 3 aromatic rings. The van der Waals surface area contributed by atoms with Crippen molar-refractivity contribution in [2.45, 2.75) is 17.1 Å². The first-order valence-corrected chi connectivity index (χ1v) is 8.86. The molecule has 0 saturated carbocycles. The Morgan fingerprint density at radius 1 is 1.00 bits per heavy atom. The smallest absolute Gasteiger partial charge is 0.162 e. The summed E-state index contributed by atoms with van der Waals surface area (Å²) >= 11 is 1.71. The fourth-order valence-corrected chi connectivity index (χ4v) is 3.24. The summed E-state index contributed by atoms with van der Waals surface area (Å²) in [6, 6.07) is 16.0. The summed E-state index contributed by atoms with van der Waals surface area (Å²) in [5.74, 6) is 2.41. The minimum Gasteiger partial charge on any atom is -0.490 e. The number of hydrogen-bond donors (Lipinski definition) is 0. The molecule has 2 heterocycles. The SMILES string of the molecule is c1ccc(-n2ncc(CSc3ccc4c(c3)OCCCO4)n2)cc1. The number of thioether (sulfide) groups is 1. The molecule has 2 aromatic carbocycles. The van der Waals surface area contributed by atoms with E-state index < -0.39 is 0 Å². The van der Waals surface area contributed by atoms with Crippen LogP contribution in [0, 0.1) is 0 Å². The third kappa shape index (κ3) is 3.38. The number of nitrogens with zero attached hydrogens (tertiary/aromatic N) is 3. The Labute approximate surface area is 144 Å². The highest BCUT2D eigenvalue weighted by Crippen LogP contribution is 2.34. The third-order valence-corrected chi connectivity index (χ3v) is 4.66. The van der Waals surface area contributed by atoms with Gasteiger partial charge in [0, 0.05) is 17.1 Å². The highest BCUT2D eigenvalue weighted by Gasteiger charge is 2.11. The number of aromatic nitrogens is 3. The average molecular weight is 339 g/mol. The van der Waals surface area contributed by atoms with Crippen LogP contribution in [-0.2, 0) is 5.75 Å². The van der Waals surface area contributed by atoms with Crippen molar-refractivity contribution in [1.29, 1.82) is 0 Å². The van der Waals surface area contributed by atoms with Gasteiger partial charge in [-0.3, -0.25) is 0 Å². The van der Waals surface area contributed by atoms with Gasteiger partial charge in [0.2, 0.25) is 0 Å². The van der Waals surface area contributed by atoms with E-state index in [0.717, 1.165) is 39.9 Å². The summed E-state index contributed by atoms with van der Waals surface area (Å²) in [5, 5.41) is 8.86. The molecule has 0 radical (unpaired) electrons. The van der Waals surface area contributed by atoms with Gasteiger partial charge in [-0.2, -0.15) is 15.0 Å². The zero-order valence-corrected chi connectivity index (χ0v) is 13.9. The standard InChI is InChI=1S/C18H17N3O2S/c1-2-5-15(6-3-1)21-19-12-14(20-21)13-24-16-7-8-17-18(11-16)23-10-4-9-22-17/h1-3,5-8,11-12H,4,9-10,13H2. The molecular formula is C18H17N3O2S. The summed E-state index contributed by atoms with van der Waals surface area (Å²) in [7, 11) is 0. The molecule has 1 aliphatic heterocycles. The summed E-state index contributed by atoms with van der Waals surface area (Å²) in [6.07, 6.45) is 2.73. The van der Waals surface area contributed by atoms with Gasteiger partial charge in [0.1, 0.15) is 0 Å². The maximum Gasteiger partial charge on any atom is 0.162 e. The van der Waals surface area contributed by atoms with Crippen molar-refractivity contribution < 1.29 is 9.47 Å². The first-order valence-electron chi connectivity index (χ1n) is 7.87. The van der Waals surface area contributed by atoms with Crippen LogP contribution in [0.1, 0.15) is 12.1 Å². The van der Waals surface area contributed by atoms with Gasteiger partial charge in [0.05, 0.1) is 30.8 Å². The average Bonchev–Trinajstić information content (AvgIpc) is 2.98. The number of fused-ring (bicyclic) bond motifs is 1. The number of hydrogen-bond acceptors (Lipinski definition) is 5. The molecule has 4 rings (SSSR count). The van der Waals surface area contributed by atoms with E-state index >= 15 is 0 Å². The Balaban J connectivity index is 1.44. The van der Waals surface area contributed by atoms with Crippen LogP contribution < -0.4 is 9.47 Å². The minimum atomic E-state index is 0.701. The molecule has 1 aromatic heterocycles. The second-order valence-electron chi connectivity index (χ2n) is 5.41. The molecule has 0 amide bonds. The van der Waals surface area contributed by atoms with E-state index in [4.69, 9.17) is 9.47 Å². The molecule has 5 nitrogen and oxygen atoms in total. The lowest BCUT2D eigenvalue weighted by Gasteiger charge is -2.08. The van der Waals surface area contributed by atoms with E-state index in [1.54, 1.807) is 16.6 Å². The van der Waals surface area contributed by atoms with Crippen LogP contribution >= 0.6 is 11.8 Å². The molecule has 1 aliphatic rings. The summed E-state index contributed by atoms with van der Waals surface area (Å²) in [6.45, 7) is 1.41. The van der Waals surface area contributed by atoms with Crippen molar-refractivity contribution >= 4 is 11.8 Å². The Kier molecular flexibility index (Phi) is 4.38. The number of benzene rings is 2. The lowest BCUT2D eigenvalue weighted by molar-refractivity contribution is 0.297. The lowest BCUT2D eigenvalue weighted by atomic mass is 10.3. The van der Waals surface area contributed by atoms with Gasteiger partial charge in [-0.15, -0.1) is 11.8 Å². The molecule has 6 heteroatoms. The van der Waals surface area contributed by atoms with Gasteiger partial charge < -0.3 is 9.47 Å². The molecule has 0 atom stereocenters. The van der Waals surface area contributed by atoms with E-state index in [9.17, 15) is 0 Å². The first kappa shape index (κ1) is 15.1. The fraction of sp³-hybridized carbons (Fsp3) is 0.222. The Morgan fingerprint density at radius 3 is 2.71 bits per heavy atom. The molecule has 0 unspecified atom stereocenters. The lowest BCUT2D eigenvalue weighted by Crippen LogP contribution is -1.98. The molecule has 0 bridgehead atoms. The van der Waals surface area contributed by atoms with Crippen LogP contribution in [0.4, 0.5) is 0 Å². The number of para-hydroxylation sites is 1. The van der Waals surface area contributed by atoms with Crippen LogP contribution in [-0.4, -0.2) is 28.2 Å². The monoisotopic (exact) mass is 339 g/mol. The van der Waals surface area contributed by atoms with Gasteiger partial charge in [-0.05, 0) is 30.3 Å². The minimum absolute atomic E-state index is 0.701. The van der Waals surface area contributed by atoms with Crippen molar-refractivity contribution in [2.75, 3.05) is 13.2 Å². The molecule has 0 N–H and O–H groups in total. The molecule has 0 spiro atoms. The predicted octanol–water partition coefficient (Wildman–Crippen LogP) is 3.72. The summed E-state index contributed by atoms with van der Waals surface area (Å²) < 4.78 is 11.4. The first-order chi connectivity index (χ1) is 11.9. The highest BCUT2D eigenvalue weighted by molar-refractivity contribution is 7.98. The van der Waals surface area contributed by atoms with Crippen molar-refractivity contribution in [3.05, 3.63) is 60.4 Å². The van der Waals surface area contributed by atoms with Crippen LogP contribution in [0.5, 0.6) is 11.5 Å². The molecule has 122 valence electrons. The van der Waals surface area contributed by atoms with Crippen molar-refractivity contribution in [1.82, 2.24) is 15.0 Å². The van der Waals surface area contributed by atoms with E-state index in [0.29, 0.717) is 13.2 Å². The van der Waals surface area contributed by atoms with Gasteiger partial charge in [-0.1, -0.05) is 18.2 Å². The topological polar surface area (TPSA) is 49.2 Å². The molecule has 24 heavy (non-hydrogen) atoms. The van der Waals surface area contributed by atoms with Crippen LogP contribution in [0.3, 0.4) is 0 Å². The maximum absolute atomic E-state index is 5.73. The normalized spacial score (nSPS) is 13.5. The van der Waals surface area contributed by atoms with Crippen molar-refractivity contribution in [3.8, 4) is 17.2 Å². The summed E-state index contributed by atoms with van der Waals surface area (Å²) in [5.41, 5.74) is 1.90.